The van der Waals surface area contributed by atoms with Crippen LogP contribution in [-0.4, -0.2) is 25.8 Å². The van der Waals surface area contributed by atoms with Crippen LogP contribution in [0.15, 0.2) is 16.7 Å². The van der Waals surface area contributed by atoms with Crippen LogP contribution in [0, 0.1) is 0 Å². The highest BCUT2D eigenvalue weighted by atomic mass is 35.5. The Kier molecular flexibility index (Phi) is 4.26. The number of hydrogen-bond donors (Lipinski definition) is 1. The minimum atomic E-state index is 0.531. The number of thiazole rings is 1. The van der Waals surface area contributed by atoms with Crippen LogP contribution in [-0.2, 0) is 13.6 Å². The zero-order valence-corrected chi connectivity index (χ0v) is 14.4. The molecule has 0 bridgehead atoms. The van der Waals surface area contributed by atoms with E-state index in [9.17, 15) is 0 Å². The van der Waals surface area contributed by atoms with E-state index in [0.29, 0.717) is 22.4 Å². The monoisotopic (exact) mass is 359 g/mol. The van der Waals surface area contributed by atoms with E-state index in [0.717, 1.165) is 20.6 Å². The van der Waals surface area contributed by atoms with Gasteiger partial charge in [-0.05, 0) is 12.3 Å². The van der Waals surface area contributed by atoms with Crippen LogP contribution in [0.25, 0.3) is 10.3 Å². The van der Waals surface area contributed by atoms with Crippen LogP contribution in [0.3, 0.4) is 0 Å². The van der Waals surface area contributed by atoms with Crippen LogP contribution < -0.4 is 5.32 Å². The fraction of sp³-hybridized carbons (Fsp3) is 0.250. The Morgan fingerprint density at radius 1 is 1.38 bits per heavy atom. The van der Waals surface area contributed by atoms with E-state index in [4.69, 9.17) is 23.2 Å². The van der Waals surface area contributed by atoms with E-state index in [1.54, 1.807) is 23.1 Å². The van der Waals surface area contributed by atoms with Crippen molar-refractivity contribution in [2.24, 2.45) is 7.05 Å². The van der Waals surface area contributed by atoms with E-state index in [-0.39, 0.29) is 0 Å². The summed E-state index contributed by atoms with van der Waals surface area (Å²) in [6, 6.07) is 1.84. The number of halogens is 2. The molecule has 3 aromatic rings. The number of nitrogens with one attached hydrogen (secondary N) is 1. The third kappa shape index (κ3) is 2.83. The average Bonchev–Trinajstić information content (AvgIpc) is 3.02. The second-order valence-electron chi connectivity index (χ2n) is 4.25. The Morgan fingerprint density at radius 2 is 2.19 bits per heavy atom. The summed E-state index contributed by atoms with van der Waals surface area (Å²) in [5.41, 5.74) is 1.69. The molecule has 0 fully saturated rings. The lowest BCUT2D eigenvalue weighted by atomic mass is 10.4. The average molecular weight is 360 g/mol. The van der Waals surface area contributed by atoms with Gasteiger partial charge in [0.1, 0.15) is 22.0 Å². The normalized spacial score (nSPS) is 11.2. The minimum Gasteiger partial charge on any atom is -0.363 e. The molecule has 0 aliphatic heterocycles. The molecule has 1 N–H and O–H groups in total. The Labute approximate surface area is 139 Å². The van der Waals surface area contributed by atoms with Gasteiger partial charge in [-0.1, -0.05) is 35.0 Å². The van der Waals surface area contributed by atoms with Gasteiger partial charge >= 0.3 is 0 Å². The Hall–Kier alpha value is -1.02. The summed E-state index contributed by atoms with van der Waals surface area (Å²) in [6.45, 7) is 0.571. The molecule has 3 aromatic heterocycles. The van der Waals surface area contributed by atoms with Gasteiger partial charge in [0.05, 0.1) is 11.6 Å². The molecule has 0 aliphatic rings. The minimum absolute atomic E-state index is 0.531. The van der Waals surface area contributed by atoms with E-state index in [1.165, 1.54) is 6.33 Å². The predicted octanol–water partition coefficient (Wildman–Crippen LogP) is 4.07. The first-order chi connectivity index (χ1) is 10.1. The molecule has 0 radical (unpaired) electrons. The van der Waals surface area contributed by atoms with Crippen molar-refractivity contribution in [3.63, 3.8) is 0 Å². The highest BCUT2D eigenvalue weighted by Gasteiger charge is 2.12. The van der Waals surface area contributed by atoms with Crippen molar-refractivity contribution in [2.75, 3.05) is 11.6 Å². The first-order valence-corrected chi connectivity index (χ1v) is 8.79. The third-order valence-electron chi connectivity index (χ3n) is 3.00. The zero-order chi connectivity index (χ0) is 15.0. The third-order valence-corrected chi connectivity index (χ3v) is 5.88. The van der Waals surface area contributed by atoms with Gasteiger partial charge in [0, 0.05) is 12.7 Å². The molecule has 0 aliphatic carbocycles. The standard InChI is InChI=1S/C12H11Cl2N5S2/c1-19-6(3-7(13)9(19)14)4-15-10-8-11(17-5-16-10)18-12(20-2)21-8/h3,5H,4H2,1-2H3,(H,15,16,17). The molecule has 3 heterocycles. The van der Waals surface area contributed by atoms with Crippen molar-refractivity contribution < 1.29 is 0 Å². The molecule has 21 heavy (non-hydrogen) atoms. The smallest absolute Gasteiger partial charge is 0.176 e. The van der Waals surface area contributed by atoms with E-state index >= 15 is 0 Å². The van der Waals surface area contributed by atoms with Gasteiger partial charge in [-0.15, -0.1) is 11.3 Å². The number of aromatic nitrogens is 4. The summed E-state index contributed by atoms with van der Waals surface area (Å²) >= 11 is 15.3. The molecular formula is C12H11Cl2N5S2. The number of rotatable bonds is 4. The van der Waals surface area contributed by atoms with Gasteiger partial charge in [-0.2, -0.15) is 0 Å². The number of thioether (sulfide) groups is 1. The van der Waals surface area contributed by atoms with Gasteiger partial charge in [0.25, 0.3) is 0 Å². The first-order valence-electron chi connectivity index (χ1n) is 5.99. The fourth-order valence-corrected chi connectivity index (χ4v) is 3.78. The Balaban J connectivity index is 1.88. The van der Waals surface area contributed by atoms with Crippen molar-refractivity contribution in [3.05, 3.63) is 28.3 Å². The Bertz CT molecular complexity index is 798. The maximum atomic E-state index is 6.06. The lowest BCUT2D eigenvalue weighted by molar-refractivity contribution is 0.841. The van der Waals surface area contributed by atoms with Crippen molar-refractivity contribution >= 4 is 62.5 Å². The molecule has 0 atom stereocenters. The second kappa shape index (κ2) is 6.00. The SMILES string of the molecule is CSc1nc2ncnc(NCc3cc(Cl)c(Cl)n3C)c2s1. The van der Waals surface area contributed by atoms with Gasteiger partial charge in [-0.3, -0.25) is 0 Å². The summed E-state index contributed by atoms with van der Waals surface area (Å²) in [5, 5.41) is 4.37. The number of fused-ring (bicyclic) bond motifs is 1. The van der Waals surface area contributed by atoms with E-state index in [2.05, 4.69) is 20.3 Å². The second-order valence-corrected chi connectivity index (χ2v) is 7.06. The van der Waals surface area contributed by atoms with E-state index < -0.39 is 0 Å². The summed E-state index contributed by atoms with van der Waals surface area (Å²) in [5.74, 6) is 0.770. The van der Waals surface area contributed by atoms with Crippen LogP contribution in [0.2, 0.25) is 10.2 Å². The summed E-state index contributed by atoms with van der Waals surface area (Å²) in [4.78, 5) is 12.9. The van der Waals surface area contributed by atoms with Gasteiger partial charge in [0.2, 0.25) is 0 Å². The maximum absolute atomic E-state index is 6.06. The molecule has 0 saturated heterocycles. The van der Waals surface area contributed by atoms with Crippen LogP contribution in [0.4, 0.5) is 5.82 Å². The Morgan fingerprint density at radius 3 is 2.86 bits per heavy atom. The van der Waals surface area contributed by atoms with Crippen LogP contribution in [0.1, 0.15) is 5.69 Å². The van der Waals surface area contributed by atoms with Crippen molar-refractivity contribution in [1.82, 2.24) is 19.5 Å². The molecule has 3 rings (SSSR count). The molecule has 0 spiro atoms. The quantitative estimate of drug-likeness (QED) is 0.711. The molecule has 0 amide bonds. The first kappa shape index (κ1) is 14.9. The van der Waals surface area contributed by atoms with E-state index in [1.807, 2.05) is 23.9 Å². The largest absolute Gasteiger partial charge is 0.363 e. The summed E-state index contributed by atoms with van der Waals surface area (Å²) in [7, 11) is 1.87. The molecule has 0 unspecified atom stereocenters. The fourth-order valence-electron chi connectivity index (χ4n) is 1.88. The van der Waals surface area contributed by atoms with Crippen LogP contribution in [0.5, 0.6) is 0 Å². The van der Waals surface area contributed by atoms with Crippen molar-refractivity contribution in [3.8, 4) is 0 Å². The topological polar surface area (TPSA) is 55.6 Å². The maximum Gasteiger partial charge on any atom is 0.176 e. The zero-order valence-electron chi connectivity index (χ0n) is 11.2. The van der Waals surface area contributed by atoms with Crippen LogP contribution >= 0.6 is 46.3 Å². The molecular weight excluding hydrogens is 349 g/mol. The molecule has 0 aromatic carbocycles. The summed E-state index contributed by atoms with van der Waals surface area (Å²) in [6.07, 6.45) is 3.51. The van der Waals surface area contributed by atoms with Crippen molar-refractivity contribution in [1.29, 1.82) is 0 Å². The van der Waals surface area contributed by atoms with Gasteiger partial charge in [-0.25, -0.2) is 15.0 Å². The lowest BCUT2D eigenvalue weighted by Gasteiger charge is -2.07. The van der Waals surface area contributed by atoms with Gasteiger partial charge in [0.15, 0.2) is 9.99 Å². The predicted molar refractivity (Wildman–Crippen MR) is 89.8 cm³/mol. The highest BCUT2D eigenvalue weighted by molar-refractivity contribution is 8.00. The summed E-state index contributed by atoms with van der Waals surface area (Å²) < 4.78 is 3.77. The number of hydrogen-bond acceptors (Lipinski definition) is 6. The van der Waals surface area contributed by atoms with Crippen molar-refractivity contribution in [2.45, 2.75) is 10.9 Å². The number of nitrogens with zero attached hydrogens (tertiary/aromatic N) is 4. The molecule has 110 valence electrons. The molecule has 0 saturated carbocycles. The molecule has 9 heteroatoms. The lowest BCUT2D eigenvalue weighted by Crippen LogP contribution is -2.06. The number of anilines is 1. The van der Waals surface area contributed by atoms with Gasteiger partial charge < -0.3 is 9.88 Å². The highest BCUT2D eigenvalue weighted by Crippen LogP contribution is 2.31. The molecule has 5 nitrogen and oxygen atoms in total.